The summed E-state index contributed by atoms with van der Waals surface area (Å²) >= 11 is 0. The lowest BCUT2D eigenvalue weighted by Crippen LogP contribution is -3.00. The van der Waals surface area contributed by atoms with Crippen molar-refractivity contribution in [3.05, 3.63) is 12.2 Å². The molecule has 0 bridgehead atoms. The molecule has 0 unspecified atom stereocenters. The molecule has 0 saturated carbocycles. The maximum absolute atomic E-state index is 9.60. The highest BCUT2D eigenvalue weighted by Gasteiger charge is 1.97. The number of hydrogen-bond donors (Lipinski definition) is 1. The highest BCUT2D eigenvalue weighted by Crippen LogP contribution is 1.83. The number of carboxylic acid groups (broad SMARTS) is 1. The van der Waals surface area contributed by atoms with Crippen LogP contribution in [0.25, 0.3) is 0 Å². The second kappa shape index (κ2) is 8.08. The van der Waals surface area contributed by atoms with Gasteiger partial charge < -0.3 is 22.0 Å². The number of carboxylic acids is 1. The van der Waals surface area contributed by atoms with Crippen molar-refractivity contribution >= 4 is 5.97 Å². The Labute approximate surface area is 87.1 Å². The number of rotatable bonds is 2. The van der Waals surface area contributed by atoms with Crippen molar-refractivity contribution in [1.29, 1.82) is 0 Å². The molecule has 0 aromatic rings. The lowest BCUT2D eigenvalue weighted by Gasteiger charge is -2.20. The average Bonchev–Trinajstić information content (AvgIpc) is 1.87. The van der Waals surface area contributed by atoms with E-state index in [1.165, 1.54) is 13.5 Å². The molecular weight excluding hydrogens is 190 g/mol. The molecule has 4 heteroatoms. The Hall–Kier alpha value is -0.540. The molecule has 0 amide bonds. The average molecular weight is 210 g/mol. The van der Waals surface area contributed by atoms with E-state index in [1.54, 1.807) is 0 Å². The first-order valence-electron chi connectivity index (χ1n) is 3.90. The zero-order valence-corrected chi connectivity index (χ0v) is 9.85. The molecule has 3 nitrogen and oxygen atoms in total. The third kappa shape index (κ3) is 24.6. The summed E-state index contributed by atoms with van der Waals surface area (Å²) in [6.45, 7) is 7.99. The molecule has 13 heavy (non-hydrogen) atoms. The SMILES string of the molecule is C=C(C)C(=O)O.CC[N+](C)(C)C.[Cl-]. The van der Waals surface area contributed by atoms with Gasteiger partial charge in [-0.15, -0.1) is 0 Å². The van der Waals surface area contributed by atoms with Crippen molar-refractivity contribution in [3.63, 3.8) is 0 Å². The smallest absolute Gasteiger partial charge is 0.330 e. The van der Waals surface area contributed by atoms with Crippen molar-refractivity contribution in [2.75, 3.05) is 27.7 Å². The van der Waals surface area contributed by atoms with E-state index >= 15 is 0 Å². The first-order valence-corrected chi connectivity index (χ1v) is 3.90. The number of quaternary nitrogens is 1. The summed E-state index contributed by atoms with van der Waals surface area (Å²) in [6.07, 6.45) is 0. The molecule has 1 N–H and O–H groups in total. The Balaban J connectivity index is -0.000000143. The zero-order valence-electron chi connectivity index (χ0n) is 9.09. The van der Waals surface area contributed by atoms with Gasteiger partial charge in [-0.3, -0.25) is 0 Å². The van der Waals surface area contributed by atoms with Gasteiger partial charge in [0.2, 0.25) is 0 Å². The molecule has 0 aliphatic carbocycles. The minimum absolute atomic E-state index is 0. The molecule has 0 aromatic heterocycles. The summed E-state index contributed by atoms with van der Waals surface area (Å²) in [5, 5.41) is 7.89. The summed E-state index contributed by atoms with van der Waals surface area (Å²) in [7, 11) is 6.54. The van der Waals surface area contributed by atoms with Gasteiger partial charge in [-0.2, -0.15) is 0 Å². The molecule has 0 heterocycles. The van der Waals surface area contributed by atoms with Gasteiger partial charge >= 0.3 is 5.97 Å². The highest BCUT2D eigenvalue weighted by molar-refractivity contribution is 5.84. The van der Waals surface area contributed by atoms with Crippen LogP contribution in [0.1, 0.15) is 13.8 Å². The summed E-state index contributed by atoms with van der Waals surface area (Å²) < 4.78 is 1.07. The van der Waals surface area contributed by atoms with Crippen LogP contribution >= 0.6 is 0 Å². The monoisotopic (exact) mass is 209 g/mol. The third-order valence-corrected chi connectivity index (χ3v) is 1.31. The molecular formula is C9H20ClNO2. The van der Waals surface area contributed by atoms with Crippen molar-refractivity contribution in [3.8, 4) is 0 Å². The Morgan fingerprint density at radius 3 is 1.54 bits per heavy atom. The lowest BCUT2D eigenvalue weighted by atomic mass is 10.4. The third-order valence-electron chi connectivity index (χ3n) is 1.31. The maximum atomic E-state index is 9.60. The van der Waals surface area contributed by atoms with Crippen molar-refractivity contribution in [2.24, 2.45) is 0 Å². The number of aliphatic carboxylic acids is 1. The zero-order chi connectivity index (χ0) is 10.4. The second-order valence-electron chi connectivity index (χ2n) is 3.69. The van der Waals surface area contributed by atoms with Crippen LogP contribution in [-0.4, -0.2) is 43.2 Å². The van der Waals surface area contributed by atoms with Gasteiger partial charge in [0.1, 0.15) is 0 Å². The molecule has 0 spiro atoms. The van der Waals surface area contributed by atoms with E-state index in [-0.39, 0.29) is 18.0 Å². The van der Waals surface area contributed by atoms with Gasteiger partial charge in [-0.25, -0.2) is 4.79 Å². The first kappa shape index (κ1) is 18.3. The fraction of sp³-hybridized carbons (Fsp3) is 0.667. The maximum Gasteiger partial charge on any atom is 0.330 e. The van der Waals surface area contributed by atoms with Crippen molar-refractivity contribution in [2.45, 2.75) is 13.8 Å². The Bertz CT molecular complexity index is 149. The number of halogens is 1. The van der Waals surface area contributed by atoms with E-state index in [0.29, 0.717) is 0 Å². The Morgan fingerprint density at radius 2 is 1.54 bits per heavy atom. The standard InChI is InChI=1S/C5H14N.C4H6O2.ClH/c1-5-6(2,3)4;1-3(2)4(5)6;/h5H2,1-4H3;1H2,2H3,(H,5,6);1H/q+1;;/p-1. The highest BCUT2D eigenvalue weighted by atomic mass is 35.5. The molecule has 0 radical (unpaired) electrons. The van der Waals surface area contributed by atoms with Gasteiger partial charge in [0.25, 0.3) is 0 Å². The molecule has 0 fully saturated rings. The number of hydrogen-bond acceptors (Lipinski definition) is 1. The Morgan fingerprint density at radius 1 is 1.38 bits per heavy atom. The van der Waals surface area contributed by atoms with Gasteiger partial charge in [0.05, 0.1) is 27.7 Å². The topological polar surface area (TPSA) is 37.3 Å². The van der Waals surface area contributed by atoms with E-state index in [1.807, 2.05) is 0 Å². The van der Waals surface area contributed by atoms with Gasteiger partial charge in [0, 0.05) is 5.57 Å². The van der Waals surface area contributed by atoms with Crippen LogP contribution in [0, 0.1) is 0 Å². The van der Waals surface area contributed by atoms with E-state index in [0.717, 1.165) is 4.48 Å². The minimum Gasteiger partial charge on any atom is -1.00 e. The van der Waals surface area contributed by atoms with E-state index in [2.05, 4.69) is 34.6 Å². The van der Waals surface area contributed by atoms with Crippen LogP contribution in [0.5, 0.6) is 0 Å². The molecule has 0 aliphatic heterocycles. The van der Waals surface area contributed by atoms with Gasteiger partial charge in [-0.05, 0) is 13.8 Å². The van der Waals surface area contributed by atoms with E-state index in [4.69, 9.17) is 5.11 Å². The minimum atomic E-state index is -0.935. The quantitative estimate of drug-likeness (QED) is 0.438. The van der Waals surface area contributed by atoms with Crippen LogP contribution in [0.2, 0.25) is 0 Å². The van der Waals surface area contributed by atoms with Crippen LogP contribution in [0.3, 0.4) is 0 Å². The molecule has 0 atom stereocenters. The summed E-state index contributed by atoms with van der Waals surface area (Å²) in [4.78, 5) is 9.60. The summed E-state index contributed by atoms with van der Waals surface area (Å²) in [5.41, 5.74) is 0.176. The molecule has 80 valence electrons. The van der Waals surface area contributed by atoms with Gasteiger partial charge in [0.15, 0.2) is 0 Å². The molecule has 0 rings (SSSR count). The number of nitrogens with zero attached hydrogens (tertiary/aromatic N) is 1. The van der Waals surface area contributed by atoms with Gasteiger partial charge in [-0.1, -0.05) is 6.58 Å². The predicted molar refractivity (Wildman–Crippen MR) is 51.0 cm³/mol. The van der Waals surface area contributed by atoms with Crippen molar-refractivity contribution < 1.29 is 26.8 Å². The summed E-state index contributed by atoms with van der Waals surface area (Å²) in [5.74, 6) is -0.935. The summed E-state index contributed by atoms with van der Waals surface area (Å²) in [6, 6.07) is 0. The molecule has 0 aliphatic rings. The normalized spacial score (nSPS) is 9.00. The fourth-order valence-electron chi connectivity index (χ4n) is 0. The predicted octanol–water partition coefficient (Wildman–Crippen LogP) is -1.64. The molecule has 0 saturated heterocycles. The van der Waals surface area contributed by atoms with Crippen LogP contribution in [0.15, 0.2) is 12.2 Å². The van der Waals surface area contributed by atoms with Crippen molar-refractivity contribution in [1.82, 2.24) is 0 Å². The Kier molecular flexibility index (Phi) is 11.4. The largest absolute Gasteiger partial charge is 1.00 e. The first-order chi connectivity index (χ1) is 5.20. The number of carbonyl (C=O) groups is 1. The van der Waals surface area contributed by atoms with Crippen LogP contribution in [0.4, 0.5) is 0 Å². The lowest BCUT2D eigenvalue weighted by molar-refractivity contribution is -0.868. The second-order valence-corrected chi connectivity index (χ2v) is 3.69. The molecule has 0 aromatic carbocycles. The fourth-order valence-corrected chi connectivity index (χ4v) is 0. The van der Waals surface area contributed by atoms with E-state index < -0.39 is 5.97 Å². The van der Waals surface area contributed by atoms with Crippen LogP contribution < -0.4 is 12.4 Å². The van der Waals surface area contributed by atoms with Crippen LogP contribution in [-0.2, 0) is 4.79 Å². The van der Waals surface area contributed by atoms with E-state index in [9.17, 15) is 4.79 Å².